The maximum atomic E-state index is 2.99. The summed E-state index contributed by atoms with van der Waals surface area (Å²) >= 11 is 0. The van der Waals surface area contributed by atoms with E-state index in [1.54, 1.807) is 44.9 Å². The van der Waals surface area contributed by atoms with E-state index >= 15 is 0 Å². The van der Waals surface area contributed by atoms with Gasteiger partial charge in [0.15, 0.2) is 0 Å². The Morgan fingerprint density at radius 1 is 0.714 bits per heavy atom. The predicted molar refractivity (Wildman–Crippen MR) is 125 cm³/mol. The number of nitrogens with zero attached hydrogens (tertiary/aromatic N) is 1. The molecule has 4 saturated carbocycles. The Morgan fingerprint density at radius 3 is 1.86 bits per heavy atom. The van der Waals surface area contributed by atoms with Crippen molar-refractivity contribution >= 4 is 8.24 Å². The second-order valence-electron chi connectivity index (χ2n) is 12.7. The van der Waals surface area contributed by atoms with Gasteiger partial charge in [0.1, 0.15) is 8.24 Å². The summed E-state index contributed by atoms with van der Waals surface area (Å²) in [4.78, 5) is 0. The Kier molecular flexibility index (Phi) is 6.14. The number of hydrogen-bond acceptors (Lipinski definition) is 1. The van der Waals surface area contributed by atoms with E-state index < -0.39 is 8.24 Å². The lowest BCUT2D eigenvalue weighted by Gasteiger charge is -2.51. The second kappa shape index (κ2) is 8.02. The smallest absolute Gasteiger partial charge is 0.126 e. The third kappa shape index (κ3) is 3.79. The highest BCUT2D eigenvalue weighted by Crippen LogP contribution is 2.63. The van der Waals surface area contributed by atoms with E-state index in [1.165, 1.54) is 32.2 Å². The van der Waals surface area contributed by atoms with E-state index in [-0.39, 0.29) is 0 Å². The standard InChI is InChI=1S/C26H49NSi/c1-7-27(26(2,3)4)28(5,6)25-18-22(19-12-9-8-10-13-19)23-16-20-14-11-15-21(20)17-24(23)25/h19-25H,7-18H2,1-6H3. The van der Waals surface area contributed by atoms with Crippen molar-refractivity contribution in [1.82, 2.24) is 4.57 Å². The highest BCUT2D eigenvalue weighted by atomic mass is 28.3. The molecular weight excluding hydrogens is 354 g/mol. The first-order valence-electron chi connectivity index (χ1n) is 13.0. The number of hydrogen-bond donors (Lipinski definition) is 0. The van der Waals surface area contributed by atoms with Crippen LogP contribution in [0.5, 0.6) is 0 Å². The quantitative estimate of drug-likeness (QED) is 0.434. The van der Waals surface area contributed by atoms with Gasteiger partial charge in [-0.1, -0.05) is 71.4 Å². The van der Waals surface area contributed by atoms with Crippen LogP contribution in [0.3, 0.4) is 0 Å². The van der Waals surface area contributed by atoms with Crippen LogP contribution in [0.2, 0.25) is 18.6 Å². The van der Waals surface area contributed by atoms with Crippen LogP contribution < -0.4 is 0 Å². The van der Waals surface area contributed by atoms with Gasteiger partial charge in [-0.25, -0.2) is 0 Å². The number of fused-ring (bicyclic) bond motifs is 2. The predicted octanol–water partition coefficient (Wildman–Crippen LogP) is 7.72. The second-order valence-corrected chi connectivity index (χ2v) is 17.3. The molecule has 0 N–H and O–H groups in total. The van der Waals surface area contributed by atoms with Gasteiger partial charge in [0, 0.05) is 5.54 Å². The van der Waals surface area contributed by atoms with Crippen LogP contribution in [0.25, 0.3) is 0 Å². The summed E-state index contributed by atoms with van der Waals surface area (Å²) in [5.74, 6) is 6.55. The van der Waals surface area contributed by atoms with Crippen molar-refractivity contribution in [2.24, 2.45) is 35.5 Å². The average molecular weight is 404 g/mol. The van der Waals surface area contributed by atoms with Crippen LogP contribution in [0, 0.1) is 35.5 Å². The Labute approximate surface area is 177 Å². The first-order valence-corrected chi connectivity index (χ1v) is 16.0. The van der Waals surface area contributed by atoms with Gasteiger partial charge in [-0.2, -0.15) is 0 Å². The molecule has 4 aliphatic carbocycles. The van der Waals surface area contributed by atoms with Gasteiger partial charge in [0.25, 0.3) is 0 Å². The molecule has 0 aromatic heterocycles. The van der Waals surface area contributed by atoms with Gasteiger partial charge < -0.3 is 4.57 Å². The van der Waals surface area contributed by atoms with E-state index in [0.29, 0.717) is 5.54 Å². The summed E-state index contributed by atoms with van der Waals surface area (Å²) in [6.07, 6.45) is 17.2. The molecule has 4 aliphatic rings. The lowest BCUT2D eigenvalue weighted by atomic mass is 9.65. The molecule has 4 rings (SSSR count). The van der Waals surface area contributed by atoms with Crippen LogP contribution in [0.15, 0.2) is 0 Å². The zero-order chi connectivity index (χ0) is 20.1. The summed E-state index contributed by atoms with van der Waals surface area (Å²) in [5, 5.41) is 0. The fraction of sp³-hybridized carbons (Fsp3) is 1.00. The molecule has 0 radical (unpaired) electrons. The zero-order valence-electron chi connectivity index (χ0n) is 20.0. The molecule has 0 aromatic carbocycles. The van der Waals surface area contributed by atoms with Crippen LogP contribution in [0.1, 0.15) is 98.3 Å². The normalized spacial score (nSPS) is 40.0. The van der Waals surface area contributed by atoms with Crippen LogP contribution >= 0.6 is 0 Å². The Bertz CT molecular complexity index is 529. The fourth-order valence-corrected chi connectivity index (χ4v) is 14.5. The topological polar surface area (TPSA) is 3.24 Å². The van der Waals surface area contributed by atoms with Gasteiger partial charge in [-0.05, 0) is 87.6 Å². The molecule has 162 valence electrons. The zero-order valence-corrected chi connectivity index (χ0v) is 21.0. The first kappa shape index (κ1) is 21.4. The van der Waals surface area contributed by atoms with E-state index in [9.17, 15) is 0 Å². The van der Waals surface area contributed by atoms with E-state index in [1.807, 2.05) is 0 Å². The third-order valence-corrected chi connectivity index (χ3v) is 15.0. The Balaban J connectivity index is 1.62. The van der Waals surface area contributed by atoms with Gasteiger partial charge in [-0.15, -0.1) is 0 Å². The van der Waals surface area contributed by atoms with Crippen molar-refractivity contribution in [1.29, 1.82) is 0 Å². The molecule has 1 nitrogen and oxygen atoms in total. The molecule has 6 atom stereocenters. The molecule has 28 heavy (non-hydrogen) atoms. The van der Waals surface area contributed by atoms with Crippen molar-refractivity contribution in [2.45, 2.75) is 122 Å². The van der Waals surface area contributed by atoms with Gasteiger partial charge in [0.2, 0.25) is 0 Å². The first-order chi connectivity index (χ1) is 13.2. The summed E-state index contributed by atoms with van der Waals surface area (Å²) in [6.45, 7) is 16.6. The molecule has 0 amide bonds. The largest absolute Gasteiger partial charge is 0.319 e. The Morgan fingerprint density at radius 2 is 1.29 bits per heavy atom. The summed E-state index contributed by atoms with van der Waals surface area (Å²) in [5.41, 5.74) is 1.37. The van der Waals surface area contributed by atoms with Crippen molar-refractivity contribution in [3.63, 3.8) is 0 Å². The van der Waals surface area contributed by atoms with Crippen molar-refractivity contribution in [3.8, 4) is 0 Å². The van der Waals surface area contributed by atoms with Crippen LogP contribution in [-0.4, -0.2) is 24.9 Å². The molecule has 0 saturated heterocycles. The highest BCUT2D eigenvalue weighted by molar-refractivity contribution is 6.76. The maximum absolute atomic E-state index is 2.99. The lowest BCUT2D eigenvalue weighted by molar-refractivity contribution is 0.0938. The van der Waals surface area contributed by atoms with E-state index in [0.717, 1.165) is 41.0 Å². The lowest BCUT2D eigenvalue weighted by Crippen LogP contribution is -2.60. The van der Waals surface area contributed by atoms with Crippen molar-refractivity contribution in [2.75, 3.05) is 6.54 Å². The minimum atomic E-state index is -1.46. The Hall–Kier alpha value is 0.177. The summed E-state index contributed by atoms with van der Waals surface area (Å²) in [7, 11) is -1.46. The average Bonchev–Trinajstić information content (AvgIpc) is 3.23. The van der Waals surface area contributed by atoms with E-state index in [4.69, 9.17) is 0 Å². The van der Waals surface area contributed by atoms with Crippen molar-refractivity contribution in [3.05, 3.63) is 0 Å². The number of rotatable bonds is 4. The third-order valence-electron chi connectivity index (χ3n) is 10.1. The minimum absolute atomic E-state index is 0.327. The fourth-order valence-electron chi connectivity index (χ4n) is 9.24. The molecule has 0 aliphatic heterocycles. The minimum Gasteiger partial charge on any atom is -0.319 e. The molecular formula is C26H49NSi. The molecule has 0 heterocycles. The molecule has 0 bridgehead atoms. The molecule has 2 heteroatoms. The summed E-state index contributed by atoms with van der Waals surface area (Å²) in [6, 6.07) is 0. The van der Waals surface area contributed by atoms with Crippen LogP contribution in [0.4, 0.5) is 0 Å². The molecule has 6 unspecified atom stereocenters. The SMILES string of the molecule is CCN(C(C)(C)C)[Si](C)(C)C1CC(C2CCCCC2)C2CC3CCCC3CC21. The van der Waals surface area contributed by atoms with Crippen molar-refractivity contribution < 1.29 is 0 Å². The molecule has 4 fully saturated rings. The van der Waals surface area contributed by atoms with Gasteiger partial charge in [0.05, 0.1) is 0 Å². The van der Waals surface area contributed by atoms with Gasteiger partial charge >= 0.3 is 0 Å². The van der Waals surface area contributed by atoms with E-state index in [2.05, 4.69) is 45.4 Å². The van der Waals surface area contributed by atoms with Gasteiger partial charge in [-0.3, -0.25) is 0 Å². The molecule has 0 aromatic rings. The maximum Gasteiger partial charge on any atom is 0.126 e. The summed E-state index contributed by atoms with van der Waals surface area (Å²) < 4.78 is 2.99. The monoisotopic (exact) mass is 403 g/mol. The highest BCUT2D eigenvalue weighted by Gasteiger charge is 2.57. The van der Waals surface area contributed by atoms with Crippen LogP contribution in [-0.2, 0) is 0 Å². The molecule has 0 spiro atoms.